The summed E-state index contributed by atoms with van der Waals surface area (Å²) in [5, 5.41) is 12.2. The zero-order valence-electron chi connectivity index (χ0n) is 12.8. The number of sulfonamides is 1. The van der Waals surface area contributed by atoms with Crippen molar-refractivity contribution >= 4 is 15.9 Å². The highest BCUT2D eigenvalue weighted by atomic mass is 32.2. The normalized spacial score (nSPS) is 13.4. The van der Waals surface area contributed by atoms with Crippen molar-refractivity contribution in [1.82, 2.24) is 14.6 Å². The lowest BCUT2D eigenvalue weighted by Gasteiger charge is -2.13. The van der Waals surface area contributed by atoms with Crippen molar-refractivity contribution in [2.24, 2.45) is 13.0 Å². The number of hydrogen-bond acceptors (Lipinski definition) is 4. The molecule has 7 nitrogen and oxygen atoms in total. The zero-order chi connectivity index (χ0) is 16.2. The van der Waals surface area contributed by atoms with Crippen molar-refractivity contribution in [3.05, 3.63) is 18.0 Å². The highest BCUT2D eigenvalue weighted by Crippen LogP contribution is 2.13. The molecular weight excluding hydrogens is 294 g/mol. The van der Waals surface area contributed by atoms with Gasteiger partial charge in [-0.05, 0) is 18.4 Å². The third-order valence-electron chi connectivity index (χ3n) is 3.00. The van der Waals surface area contributed by atoms with E-state index in [1.54, 1.807) is 7.05 Å². The summed E-state index contributed by atoms with van der Waals surface area (Å²) in [7, 11) is -0.675. The Bertz CT molecular complexity index is 593. The molecule has 0 spiro atoms. The van der Waals surface area contributed by atoms with E-state index < -0.39 is 16.1 Å². The second kappa shape index (κ2) is 7.06. The summed E-state index contributed by atoms with van der Waals surface area (Å²) >= 11 is 0. The molecular formula is C13H23N3O4S. The third-order valence-corrected chi connectivity index (χ3v) is 4.39. The summed E-state index contributed by atoms with van der Waals surface area (Å²) in [6, 6.07) is 1.30. The summed E-state index contributed by atoms with van der Waals surface area (Å²) in [5.74, 6) is -0.0834. The van der Waals surface area contributed by atoms with Crippen molar-refractivity contribution in [3.8, 4) is 0 Å². The molecule has 0 saturated heterocycles. The summed E-state index contributed by atoms with van der Waals surface area (Å²) in [6.45, 7) is 3.85. The summed E-state index contributed by atoms with van der Waals surface area (Å²) in [6.07, 6.45) is 1.14. The van der Waals surface area contributed by atoms with E-state index in [-0.39, 0.29) is 29.0 Å². The van der Waals surface area contributed by atoms with E-state index in [2.05, 4.69) is 10.0 Å². The minimum Gasteiger partial charge on any atom is -0.392 e. The summed E-state index contributed by atoms with van der Waals surface area (Å²) in [4.78, 5) is 11.6. The lowest BCUT2D eigenvalue weighted by molar-refractivity contribution is 0.0955. The second-order valence-corrected chi connectivity index (χ2v) is 7.15. The van der Waals surface area contributed by atoms with E-state index in [1.165, 1.54) is 23.9 Å². The lowest BCUT2D eigenvalue weighted by atomic mass is 10.1. The Morgan fingerprint density at radius 2 is 2.05 bits per heavy atom. The van der Waals surface area contributed by atoms with Crippen LogP contribution in [0, 0.1) is 5.92 Å². The van der Waals surface area contributed by atoms with E-state index in [4.69, 9.17) is 0 Å². The molecule has 0 fully saturated rings. The van der Waals surface area contributed by atoms with Gasteiger partial charge in [-0.3, -0.25) is 4.79 Å². The number of nitrogens with one attached hydrogen (secondary N) is 2. The van der Waals surface area contributed by atoms with Crippen LogP contribution in [0.15, 0.2) is 17.2 Å². The van der Waals surface area contributed by atoms with Crippen molar-refractivity contribution in [2.45, 2.75) is 31.3 Å². The largest absolute Gasteiger partial charge is 0.392 e. The van der Waals surface area contributed by atoms with Crippen LogP contribution < -0.4 is 10.0 Å². The molecule has 0 aliphatic carbocycles. The molecule has 0 saturated carbocycles. The van der Waals surface area contributed by atoms with Gasteiger partial charge >= 0.3 is 0 Å². The van der Waals surface area contributed by atoms with Crippen molar-refractivity contribution in [2.75, 3.05) is 13.6 Å². The molecule has 0 aromatic carbocycles. The van der Waals surface area contributed by atoms with E-state index in [1.807, 2.05) is 13.8 Å². The molecule has 1 rings (SSSR count). The highest BCUT2D eigenvalue weighted by Gasteiger charge is 2.21. The van der Waals surface area contributed by atoms with Gasteiger partial charge in [0.25, 0.3) is 5.91 Å². The number of rotatable bonds is 7. The van der Waals surface area contributed by atoms with Gasteiger partial charge in [-0.15, -0.1) is 0 Å². The molecule has 0 aliphatic rings. The number of carbonyl (C=O) groups excluding carboxylic acids is 1. The molecule has 1 aromatic heterocycles. The molecule has 120 valence electrons. The number of aliphatic hydroxyl groups is 1. The first-order chi connectivity index (χ1) is 9.67. The van der Waals surface area contributed by atoms with Crippen LogP contribution in [0.5, 0.6) is 0 Å². The Kier molecular flexibility index (Phi) is 5.94. The molecule has 0 radical (unpaired) electrons. The first-order valence-corrected chi connectivity index (χ1v) is 8.22. The van der Waals surface area contributed by atoms with E-state index in [0.29, 0.717) is 6.42 Å². The van der Waals surface area contributed by atoms with Crippen LogP contribution in [-0.4, -0.2) is 43.7 Å². The van der Waals surface area contributed by atoms with E-state index >= 15 is 0 Å². The number of nitrogens with zero attached hydrogens (tertiary/aromatic N) is 1. The van der Waals surface area contributed by atoms with Gasteiger partial charge in [0.15, 0.2) is 0 Å². The highest BCUT2D eigenvalue weighted by molar-refractivity contribution is 7.89. The quantitative estimate of drug-likeness (QED) is 0.662. The maximum Gasteiger partial charge on any atom is 0.267 e. The fourth-order valence-electron chi connectivity index (χ4n) is 1.95. The minimum absolute atomic E-state index is 0.000321. The van der Waals surface area contributed by atoms with Crippen LogP contribution in [0.25, 0.3) is 0 Å². The Morgan fingerprint density at radius 1 is 1.43 bits per heavy atom. The molecule has 1 unspecified atom stereocenters. The molecule has 1 heterocycles. The van der Waals surface area contributed by atoms with Crippen LogP contribution in [-0.2, 0) is 17.1 Å². The number of carbonyl (C=O) groups is 1. The van der Waals surface area contributed by atoms with Crippen LogP contribution in [0.3, 0.4) is 0 Å². The minimum atomic E-state index is -3.75. The Hall–Kier alpha value is -1.38. The van der Waals surface area contributed by atoms with Crippen molar-refractivity contribution in [3.63, 3.8) is 0 Å². The van der Waals surface area contributed by atoms with Crippen LogP contribution in [0.1, 0.15) is 30.8 Å². The molecule has 1 amide bonds. The Morgan fingerprint density at radius 3 is 2.57 bits per heavy atom. The molecule has 3 N–H and O–H groups in total. The zero-order valence-corrected chi connectivity index (χ0v) is 13.6. The van der Waals surface area contributed by atoms with Gasteiger partial charge in [-0.25, -0.2) is 13.1 Å². The third kappa shape index (κ3) is 4.83. The average Bonchev–Trinajstić information content (AvgIpc) is 2.78. The first-order valence-electron chi connectivity index (χ1n) is 6.73. The predicted molar refractivity (Wildman–Crippen MR) is 79.5 cm³/mol. The van der Waals surface area contributed by atoms with Gasteiger partial charge in [0.05, 0.1) is 6.10 Å². The monoisotopic (exact) mass is 317 g/mol. The fraction of sp³-hybridized carbons (Fsp3) is 0.615. The van der Waals surface area contributed by atoms with Crippen LogP contribution in [0.2, 0.25) is 0 Å². The average molecular weight is 317 g/mol. The van der Waals surface area contributed by atoms with E-state index in [9.17, 15) is 18.3 Å². The van der Waals surface area contributed by atoms with Gasteiger partial charge in [-0.1, -0.05) is 13.8 Å². The van der Waals surface area contributed by atoms with E-state index in [0.717, 1.165) is 0 Å². The molecule has 0 bridgehead atoms. The topological polar surface area (TPSA) is 100 Å². The predicted octanol–water partition coefficient (Wildman–Crippen LogP) is 0.0700. The standard InChI is InChI=1S/C13H23N3O4S/c1-9(2)5-10(17)7-15-21(19,20)11-6-12(13(18)14-3)16(4)8-11/h6,8-10,15,17H,5,7H2,1-4H3,(H,14,18). The summed E-state index contributed by atoms with van der Waals surface area (Å²) < 4.78 is 28.1. The molecule has 1 atom stereocenters. The number of aliphatic hydroxyl groups excluding tert-OH is 1. The van der Waals surface area contributed by atoms with Crippen molar-refractivity contribution in [1.29, 1.82) is 0 Å². The molecule has 0 aliphatic heterocycles. The Balaban J connectivity index is 2.82. The maximum atomic E-state index is 12.1. The van der Waals surface area contributed by atoms with Gasteiger partial charge < -0.3 is 15.0 Å². The first kappa shape index (κ1) is 17.7. The van der Waals surface area contributed by atoms with Gasteiger partial charge in [0.2, 0.25) is 10.0 Å². The van der Waals surface area contributed by atoms with Gasteiger partial charge in [0.1, 0.15) is 10.6 Å². The number of aryl methyl sites for hydroxylation is 1. The lowest BCUT2D eigenvalue weighted by Crippen LogP contribution is -2.32. The SMILES string of the molecule is CNC(=O)c1cc(S(=O)(=O)NCC(O)CC(C)C)cn1C. The van der Waals surface area contributed by atoms with Gasteiger partial charge in [-0.2, -0.15) is 0 Å². The van der Waals surface area contributed by atoms with Crippen LogP contribution >= 0.6 is 0 Å². The molecule has 21 heavy (non-hydrogen) atoms. The maximum absolute atomic E-state index is 12.1. The number of amides is 1. The van der Waals surface area contributed by atoms with Crippen molar-refractivity contribution < 1.29 is 18.3 Å². The summed E-state index contributed by atoms with van der Waals surface area (Å²) in [5.41, 5.74) is 0.251. The second-order valence-electron chi connectivity index (χ2n) is 5.39. The smallest absolute Gasteiger partial charge is 0.267 e. The molecule has 8 heteroatoms. The number of aromatic nitrogens is 1. The fourth-order valence-corrected chi connectivity index (χ4v) is 3.09. The number of hydrogen-bond donors (Lipinski definition) is 3. The molecule has 1 aromatic rings. The van der Waals surface area contributed by atoms with Gasteiger partial charge in [0, 0.05) is 26.8 Å². The Labute approximate surface area is 125 Å². The van der Waals surface area contributed by atoms with Crippen LogP contribution in [0.4, 0.5) is 0 Å².